The molecule has 1 heterocycles. The molecule has 0 aliphatic carbocycles. The van der Waals surface area contributed by atoms with Gasteiger partial charge in [-0.2, -0.15) is 0 Å². The van der Waals surface area contributed by atoms with E-state index in [4.69, 9.17) is 11.6 Å². The minimum Gasteiger partial charge on any atom is -0.143 e. The first kappa shape index (κ1) is 9.48. The van der Waals surface area contributed by atoms with E-state index in [0.29, 0.717) is 0 Å². The third-order valence-corrected chi connectivity index (χ3v) is 6.74. The SMILES string of the molecule is Clc1cc2ccsc2c(I)c1I. The molecule has 2 rings (SSSR count). The monoisotopic (exact) mass is 420 g/mol. The van der Waals surface area contributed by atoms with Crippen LogP contribution in [0.15, 0.2) is 17.5 Å². The van der Waals surface area contributed by atoms with Gasteiger partial charge < -0.3 is 0 Å². The smallest absolute Gasteiger partial charge is 0.0557 e. The molecule has 4 heteroatoms. The predicted octanol–water partition coefficient (Wildman–Crippen LogP) is 4.76. The average molecular weight is 420 g/mol. The van der Waals surface area contributed by atoms with Crippen molar-refractivity contribution < 1.29 is 0 Å². The van der Waals surface area contributed by atoms with E-state index in [1.807, 2.05) is 6.07 Å². The minimum absolute atomic E-state index is 0.853. The normalized spacial score (nSPS) is 10.9. The Labute approximate surface area is 107 Å². The van der Waals surface area contributed by atoms with Gasteiger partial charge in [0.2, 0.25) is 0 Å². The first-order chi connectivity index (χ1) is 5.70. The van der Waals surface area contributed by atoms with Gasteiger partial charge in [0.05, 0.1) is 5.02 Å². The van der Waals surface area contributed by atoms with Crippen molar-refractivity contribution in [3.05, 3.63) is 29.7 Å². The molecule has 0 aliphatic heterocycles. The standard InChI is InChI=1S/C8H3ClI2S/c9-5-3-4-1-2-12-8(4)7(11)6(5)10/h1-3H. The van der Waals surface area contributed by atoms with Crippen LogP contribution in [-0.4, -0.2) is 0 Å². The number of thiophene rings is 1. The van der Waals surface area contributed by atoms with Crippen molar-refractivity contribution in [3.8, 4) is 0 Å². The summed E-state index contributed by atoms with van der Waals surface area (Å²) >= 11 is 12.4. The Morgan fingerprint density at radius 2 is 2.00 bits per heavy atom. The van der Waals surface area contributed by atoms with Gasteiger partial charge in [-0.15, -0.1) is 11.3 Å². The highest BCUT2D eigenvalue weighted by Gasteiger charge is 2.07. The fraction of sp³-hybridized carbons (Fsp3) is 0. The van der Waals surface area contributed by atoms with Crippen LogP contribution in [0.1, 0.15) is 0 Å². The van der Waals surface area contributed by atoms with Gasteiger partial charge in [-0.1, -0.05) is 11.6 Å². The molecule has 0 atom stereocenters. The Hall–Kier alpha value is 0.930. The molecule has 0 aliphatic rings. The van der Waals surface area contributed by atoms with E-state index in [-0.39, 0.29) is 0 Å². The van der Waals surface area contributed by atoms with Crippen LogP contribution in [0.4, 0.5) is 0 Å². The number of fused-ring (bicyclic) bond motifs is 1. The van der Waals surface area contributed by atoms with Gasteiger partial charge >= 0.3 is 0 Å². The van der Waals surface area contributed by atoms with Crippen molar-refractivity contribution in [1.29, 1.82) is 0 Å². The predicted molar refractivity (Wildman–Crippen MR) is 72.3 cm³/mol. The quantitative estimate of drug-likeness (QED) is 0.426. The number of hydrogen-bond donors (Lipinski definition) is 0. The first-order valence-corrected chi connectivity index (χ1v) is 6.62. The van der Waals surface area contributed by atoms with Gasteiger partial charge in [0.15, 0.2) is 0 Å². The number of rotatable bonds is 0. The highest BCUT2D eigenvalue weighted by atomic mass is 127. The molecule has 0 saturated carbocycles. The molecular formula is C8H3ClI2S. The zero-order valence-corrected chi connectivity index (χ0v) is 11.7. The van der Waals surface area contributed by atoms with Crippen LogP contribution in [-0.2, 0) is 0 Å². The van der Waals surface area contributed by atoms with Gasteiger partial charge in [-0.3, -0.25) is 0 Å². The molecule has 0 spiro atoms. The summed E-state index contributed by atoms with van der Waals surface area (Å²) in [5.74, 6) is 0. The molecule has 1 aromatic heterocycles. The minimum atomic E-state index is 0.853. The Kier molecular flexibility index (Phi) is 2.84. The lowest BCUT2D eigenvalue weighted by atomic mass is 10.3. The highest BCUT2D eigenvalue weighted by Crippen LogP contribution is 2.34. The first-order valence-electron chi connectivity index (χ1n) is 3.21. The van der Waals surface area contributed by atoms with Crippen LogP contribution in [0.5, 0.6) is 0 Å². The van der Waals surface area contributed by atoms with Crippen molar-refractivity contribution in [1.82, 2.24) is 0 Å². The van der Waals surface area contributed by atoms with E-state index in [2.05, 4.69) is 56.6 Å². The van der Waals surface area contributed by atoms with Gasteiger partial charge in [0.25, 0.3) is 0 Å². The second-order valence-corrected chi connectivity index (χ2v) is 5.81. The molecule has 62 valence electrons. The van der Waals surface area contributed by atoms with Crippen LogP contribution in [0, 0.1) is 7.14 Å². The number of halogens is 3. The van der Waals surface area contributed by atoms with E-state index in [9.17, 15) is 0 Å². The molecule has 2 aromatic rings. The Bertz CT molecular complexity index is 436. The lowest BCUT2D eigenvalue weighted by molar-refractivity contribution is 1.69. The van der Waals surface area contributed by atoms with Crippen LogP contribution >= 0.6 is 68.1 Å². The molecule has 0 nitrogen and oxygen atoms in total. The van der Waals surface area contributed by atoms with Gasteiger partial charge in [0, 0.05) is 11.8 Å². The third kappa shape index (κ3) is 1.49. The van der Waals surface area contributed by atoms with Crippen molar-refractivity contribution in [2.75, 3.05) is 0 Å². The zero-order valence-electron chi connectivity index (χ0n) is 5.77. The lowest BCUT2D eigenvalue weighted by Crippen LogP contribution is -1.80. The molecule has 0 fully saturated rings. The van der Waals surface area contributed by atoms with Crippen LogP contribution < -0.4 is 0 Å². The maximum atomic E-state index is 6.04. The average Bonchev–Trinajstić information content (AvgIpc) is 2.48. The summed E-state index contributed by atoms with van der Waals surface area (Å²) in [6.07, 6.45) is 0. The van der Waals surface area contributed by atoms with Gasteiger partial charge in [-0.25, -0.2) is 0 Å². The molecular weight excluding hydrogens is 417 g/mol. The molecule has 0 amide bonds. The molecule has 12 heavy (non-hydrogen) atoms. The summed E-state index contributed by atoms with van der Waals surface area (Å²) in [4.78, 5) is 0. The van der Waals surface area contributed by atoms with E-state index in [1.54, 1.807) is 11.3 Å². The molecule has 0 N–H and O–H groups in total. The van der Waals surface area contributed by atoms with E-state index < -0.39 is 0 Å². The number of hydrogen-bond acceptors (Lipinski definition) is 1. The molecule has 1 aromatic carbocycles. The Morgan fingerprint density at radius 1 is 1.25 bits per heavy atom. The van der Waals surface area contributed by atoms with Gasteiger partial charge in [0.1, 0.15) is 0 Å². The summed E-state index contributed by atoms with van der Waals surface area (Å²) in [7, 11) is 0. The maximum Gasteiger partial charge on any atom is 0.0557 e. The summed E-state index contributed by atoms with van der Waals surface area (Å²) in [6, 6.07) is 4.13. The largest absolute Gasteiger partial charge is 0.143 e. The second kappa shape index (κ2) is 3.59. The van der Waals surface area contributed by atoms with E-state index in [1.165, 1.54) is 13.7 Å². The third-order valence-electron chi connectivity index (χ3n) is 1.58. The van der Waals surface area contributed by atoms with Crippen molar-refractivity contribution >= 4 is 78.2 Å². The van der Waals surface area contributed by atoms with E-state index >= 15 is 0 Å². The summed E-state index contributed by atoms with van der Waals surface area (Å²) in [5.41, 5.74) is 0. The molecule has 0 saturated heterocycles. The van der Waals surface area contributed by atoms with Crippen LogP contribution in [0.3, 0.4) is 0 Å². The fourth-order valence-electron chi connectivity index (χ4n) is 1.02. The summed E-state index contributed by atoms with van der Waals surface area (Å²) in [5, 5.41) is 4.19. The van der Waals surface area contributed by atoms with Crippen molar-refractivity contribution in [2.45, 2.75) is 0 Å². The Balaban J connectivity index is 2.94. The molecule has 0 radical (unpaired) electrons. The van der Waals surface area contributed by atoms with Crippen molar-refractivity contribution in [3.63, 3.8) is 0 Å². The molecule has 0 bridgehead atoms. The summed E-state index contributed by atoms with van der Waals surface area (Å²) in [6.45, 7) is 0. The van der Waals surface area contributed by atoms with Crippen LogP contribution in [0.2, 0.25) is 5.02 Å². The fourth-order valence-corrected chi connectivity index (χ4v) is 3.80. The lowest BCUT2D eigenvalue weighted by Gasteiger charge is -2.00. The zero-order chi connectivity index (χ0) is 8.72. The van der Waals surface area contributed by atoms with Crippen LogP contribution in [0.25, 0.3) is 10.1 Å². The maximum absolute atomic E-state index is 6.04. The number of benzene rings is 1. The second-order valence-electron chi connectivity index (χ2n) is 2.33. The van der Waals surface area contributed by atoms with Crippen molar-refractivity contribution in [2.24, 2.45) is 0 Å². The summed E-state index contributed by atoms with van der Waals surface area (Å²) < 4.78 is 3.76. The molecule has 0 unspecified atom stereocenters. The Morgan fingerprint density at radius 3 is 2.75 bits per heavy atom. The van der Waals surface area contributed by atoms with E-state index in [0.717, 1.165) is 8.59 Å². The topological polar surface area (TPSA) is 0 Å². The highest BCUT2D eigenvalue weighted by molar-refractivity contribution is 14.1. The van der Waals surface area contributed by atoms with Gasteiger partial charge in [-0.05, 0) is 68.1 Å².